The number of carbonyl (C=O) groups excluding carboxylic acids is 1. The first-order valence-corrected chi connectivity index (χ1v) is 6.60. The van der Waals surface area contributed by atoms with Crippen molar-refractivity contribution in [3.05, 3.63) is 0 Å². The largest absolute Gasteiger partial charge is 0.469 e. The first-order valence-electron chi connectivity index (χ1n) is 6.60. The fourth-order valence-corrected chi connectivity index (χ4v) is 2.62. The second-order valence-corrected chi connectivity index (χ2v) is 5.96. The maximum absolute atomic E-state index is 11.3. The average molecular weight is 226 g/mol. The number of hydrogen-bond acceptors (Lipinski definition) is 2. The molecule has 1 saturated carbocycles. The number of ether oxygens (including phenoxy) is 1. The lowest BCUT2D eigenvalue weighted by molar-refractivity contribution is -0.143. The van der Waals surface area contributed by atoms with Gasteiger partial charge in [-0.3, -0.25) is 4.79 Å². The van der Waals surface area contributed by atoms with E-state index in [9.17, 15) is 4.79 Å². The third kappa shape index (κ3) is 5.00. The summed E-state index contributed by atoms with van der Waals surface area (Å²) in [7, 11) is 1.47. The van der Waals surface area contributed by atoms with Crippen molar-refractivity contribution in [2.24, 2.45) is 11.3 Å². The summed E-state index contributed by atoms with van der Waals surface area (Å²) in [4.78, 5) is 11.3. The predicted molar refractivity (Wildman–Crippen MR) is 66.2 cm³/mol. The summed E-state index contributed by atoms with van der Waals surface area (Å²) in [5.74, 6) is 0.833. The second-order valence-electron chi connectivity index (χ2n) is 5.96. The molecule has 0 spiro atoms. The molecule has 0 unspecified atom stereocenters. The summed E-state index contributed by atoms with van der Waals surface area (Å²) in [6, 6.07) is 0. The molecule has 1 fully saturated rings. The number of methoxy groups -OCH3 is 1. The topological polar surface area (TPSA) is 26.3 Å². The fourth-order valence-electron chi connectivity index (χ4n) is 2.62. The molecule has 2 nitrogen and oxygen atoms in total. The van der Waals surface area contributed by atoms with Gasteiger partial charge in [0, 0.05) is 0 Å². The van der Waals surface area contributed by atoms with Crippen molar-refractivity contribution in [2.45, 2.75) is 65.2 Å². The Balaban J connectivity index is 2.25. The Labute approximate surface area is 99.8 Å². The van der Waals surface area contributed by atoms with Gasteiger partial charge in [0.25, 0.3) is 0 Å². The lowest BCUT2D eigenvalue weighted by Gasteiger charge is -2.28. The number of esters is 1. The van der Waals surface area contributed by atoms with Gasteiger partial charge in [-0.2, -0.15) is 0 Å². The minimum Gasteiger partial charge on any atom is -0.469 e. The third-order valence-corrected chi connectivity index (χ3v) is 3.80. The van der Waals surface area contributed by atoms with E-state index in [4.69, 9.17) is 4.74 Å². The zero-order chi connectivity index (χ0) is 12.0. The van der Waals surface area contributed by atoms with Crippen molar-refractivity contribution < 1.29 is 9.53 Å². The van der Waals surface area contributed by atoms with E-state index in [2.05, 4.69) is 13.8 Å². The zero-order valence-electron chi connectivity index (χ0n) is 11.1. The van der Waals surface area contributed by atoms with Crippen molar-refractivity contribution in [3.8, 4) is 0 Å². The van der Waals surface area contributed by atoms with Crippen LogP contribution in [0.1, 0.15) is 65.2 Å². The Kier molecular flexibility index (Phi) is 5.30. The van der Waals surface area contributed by atoms with E-state index in [1.54, 1.807) is 0 Å². The molecule has 0 amide bonds. The SMILES string of the molecule is COC(=O)CC(C)(C)CCC1CCCCC1. The van der Waals surface area contributed by atoms with Gasteiger partial charge in [-0.1, -0.05) is 46.0 Å². The van der Waals surface area contributed by atoms with Gasteiger partial charge >= 0.3 is 5.97 Å². The van der Waals surface area contributed by atoms with Crippen LogP contribution < -0.4 is 0 Å². The first-order chi connectivity index (χ1) is 7.53. The minimum absolute atomic E-state index is 0.0753. The van der Waals surface area contributed by atoms with Crippen molar-refractivity contribution in [1.82, 2.24) is 0 Å². The molecule has 1 rings (SSSR count). The van der Waals surface area contributed by atoms with Gasteiger partial charge in [-0.25, -0.2) is 0 Å². The molecule has 1 aliphatic carbocycles. The zero-order valence-corrected chi connectivity index (χ0v) is 11.1. The highest BCUT2D eigenvalue weighted by atomic mass is 16.5. The Morgan fingerprint density at radius 2 is 1.88 bits per heavy atom. The molecule has 94 valence electrons. The molecule has 0 atom stereocenters. The van der Waals surface area contributed by atoms with Crippen molar-refractivity contribution >= 4 is 5.97 Å². The van der Waals surface area contributed by atoms with Gasteiger partial charge in [-0.15, -0.1) is 0 Å². The molecular weight excluding hydrogens is 200 g/mol. The maximum Gasteiger partial charge on any atom is 0.306 e. The Morgan fingerprint density at radius 1 is 1.25 bits per heavy atom. The Morgan fingerprint density at radius 3 is 2.44 bits per heavy atom. The molecule has 0 aliphatic heterocycles. The summed E-state index contributed by atoms with van der Waals surface area (Å²) in [6.07, 6.45) is 10.0. The van der Waals surface area contributed by atoms with Crippen LogP contribution in [0.25, 0.3) is 0 Å². The molecular formula is C14H26O2. The monoisotopic (exact) mass is 226 g/mol. The molecule has 0 aromatic heterocycles. The van der Waals surface area contributed by atoms with E-state index in [1.807, 2.05) is 0 Å². The van der Waals surface area contributed by atoms with Gasteiger partial charge < -0.3 is 4.74 Å². The number of carbonyl (C=O) groups is 1. The van der Waals surface area contributed by atoms with Gasteiger partial charge in [0.05, 0.1) is 13.5 Å². The smallest absolute Gasteiger partial charge is 0.306 e. The molecule has 0 heterocycles. The van der Waals surface area contributed by atoms with Crippen molar-refractivity contribution in [3.63, 3.8) is 0 Å². The summed E-state index contributed by atoms with van der Waals surface area (Å²) >= 11 is 0. The Bertz CT molecular complexity index is 215. The van der Waals surface area contributed by atoms with Crippen LogP contribution in [-0.2, 0) is 9.53 Å². The van der Waals surface area contributed by atoms with Crippen LogP contribution in [-0.4, -0.2) is 13.1 Å². The summed E-state index contributed by atoms with van der Waals surface area (Å²) in [6.45, 7) is 4.35. The second kappa shape index (κ2) is 6.27. The first kappa shape index (κ1) is 13.5. The van der Waals surface area contributed by atoms with Gasteiger partial charge in [0.2, 0.25) is 0 Å². The molecule has 0 saturated heterocycles. The average Bonchev–Trinajstić information content (AvgIpc) is 2.27. The summed E-state index contributed by atoms with van der Waals surface area (Å²) in [5.41, 5.74) is 0.102. The van der Waals surface area contributed by atoms with Crippen LogP contribution in [0.3, 0.4) is 0 Å². The quantitative estimate of drug-likeness (QED) is 0.664. The van der Waals surface area contributed by atoms with Crippen LogP contribution in [0.15, 0.2) is 0 Å². The predicted octanol–water partition coefficient (Wildman–Crippen LogP) is 3.94. The molecule has 0 N–H and O–H groups in total. The molecule has 1 aliphatic rings. The molecule has 16 heavy (non-hydrogen) atoms. The van der Waals surface area contributed by atoms with E-state index in [-0.39, 0.29) is 11.4 Å². The van der Waals surface area contributed by atoms with E-state index < -0.39 is 0 Å². The standard InChI is InChI=1S/C14H26O2/c1-14(2,11-13(15)16-3)10-9-12-7-5-4-6-8-12/h12H,4-11H2,1-3H3. The van der Waals surface area contributed by atoms with Crippen LogP contribution in [0.4, 0.5) is 0 Å². The molecule has 0 aromatic rings. The summed E-state index contributed by atoms with van der Waals surface area (Å²) < 4.78 is 4.74. The van der Waals surface area contributed by atoms with Crippen LogP contribution >= 0.6 is 0 Å². The number of rotatable bonds is 5. The van der Waals surface area contributed by atoms with E-state index in [1.165, 1.54) is 45.6 Å². The molecule has 0 radical (unpaired) electrons. The third-order valence-electron chi connectivity index (χ3n) is 3.80. The Hall–Kier alpha value is -0.530. The van der Waals surface area contributed by atoms with E-state index >= 15 is 0 Å². The van der Waals surface area contributed by atoms with Crippen molar-refractivity contribution in [1.29, 1.82) is 0 Å². The highest BCUT2D eigenvalue weighted by Gasteiger charge is 2.24. The highest BCUT2D eigenvalue weighted by molar-refractivity contribution is 5.69. The van der Waals surface area contributed by atoms with Crippen LogP contribution in [0.5, 0.6) is 0 Å². The van der Waals surface area contributed by atoms with Gasteiger partial charge in [0.15, 0.2) is 0 Å². The van der Waals surface area contributed by atoms with E-state index in [0.29, 0.717) is 6.42 Å². The molecule has 0 aromatic carbocycles. The summed E-state index contributed by atoms with van der Waals surface area (Å²) in [5, 5.41) is 0. The lowest BCUT2D eigenvalue weighted by Crippen LogP contribution is -2.20. The maximum atomic E-state index is 11.3. The molecule has 2 heteroatoms. The van der Waals surface area contributed by atoms with Crippen LogP contribution in [0.2, 0.25) is 0 Å². The normalized spacial score (nSPS) is 18.4. The molecule has 0 bridgehead atoms. The van der Waals surface area contributed by atoms with Crippen LogP contribution in [0, 0.1) is 11.3 Å². The van der Waals surface area contributed by atoms with Gasteiger partial charge in [0.1, 0.15) is 0 Å². The fraction of sp³-hybridized carbons (Fsp3) is 0.929. The highest BCUT2D eigenvalue weighted by Crippen LogP contribution is 2.34. The van der Waals surface area contributed by atoms with Crippen molar-refractivity contribution in [2.75, 3.05) is 7.11 Å². The number of hydrogen-bond donors (Lipinski definition) is 0. The minimum atomic E-state index is -0.0753. The van der Waals surface area contributed by atoms with E-state index in [0.717, 1.165) is 12.3 Å². The lowest BCUT2D eigenvalue weighted by atomic mass is 9.78. The van der Waals surface area contributed by atoms with Gasteiger partial charge in [-0.05, 0) is 24.2 Å².